The minimum atomic E-state index is -3.87. The first-order valence-corrected chi connectivity index (χ1v) is 8.71. The highest BCUT2D eigenvalue weighted by atomic mass is 79.9. The molecule has 0 bridgehead atoms. The van der Waals surface area contributed by atoms with Crippen LogP contribution in [0.25, 0.3) is 0 Å². The molecular weight excluding hydrogens is 356 g/mol. The van der Waals surface area contributed by atoms with Crippen LogP contribution in [0.1, 0.15) is 23.2 Å². The average Bonchev–Trinajstić information content (AvgIpc) is 3.19. The summed E-state index contributed by atoms with van der Waals surface area (Å²) in [6.45, 7) is 0.798. The summed E-state index contributed by atoms with van der Waals surface area (Å²) in [6, 6.07) is 4.20. The molecule has 7 heteroatoms. The fourth-order valence-electron chi connectivity index (χ4n) is 1.97. The molecule has 2 N–H and O–H groups in total. The van der Waals surface area contributed by atoms with E-state index in [9.17, 15) is 13.2 Å². The molecule has 112 valence electrons. The third-order valence-corrected chi connectivity index (χ3v) is 4.54. The van der Waals surface area contributed by atoms with Gasteiger partial charge in [0.2, 0.25) is 10.0 Å². The van der Waals surface area contributed by atoms with Crippen LogP contribution in [0.4, 0.5) is 0 Å². The predicted octanol–water partition coefficient (Wildman–Crippen LogP) is 1.58. The molecule has 1 saturated carbocycles. The number of nitrogens with zero attached hydrogens (tertiary/aromatic N) is 1. The number of sulfonamides is 1. The molecule has 1 aromatic rings. The van der Waals surface area contributed by atoms with Crippen LogP contribution in [0.15, 0.2) is 27.6 Å². The number of benzene rings is 1. The molecule has 0 unspecified atom stereocenters. The van der Waals surface area contributed by atoms with E-state index in [1.54, 1.807) is 11.0 Å². The summed E-state index contributed by atoms with van der Waals surface area (Å²) < 4.78 is 23.4. The molecule has 0 radical (unpaired) electrons. The average molecular weight is 371 g/mol. The molecule has 0 aromatic heterocycles. The fraction of sp³-hybridized carbons (Fsp3) is 0.357. The zero-order chi connectivity index (χ0) is 15.6. The molecule has 1 amide bonds. The smallest absolute Gasteiger partial charge is 0.254 e. The Morgan fingerprint density at radius 3 is 2.62 bits per heavy atom. The van der Waals surface area contributed by atoms with Crippen LogP contribution in [-0.2, 0) is 10.0 Å². The topological polar surface area (TPSA) is 80.5 Å². The van der Waals surface area contributed by atoms with Gasteiger partial charge in [-0.25, -0.2) is 13.6 Å². The lowest BCUT2D eigenvalue weighted by Gasteiger charge is -2.20. The van der Waals surface area contributed by atoms with E-state index in [2.05, 4.69) is 21.9 Å². The number of carbonyl (C=O) groups excluding carboxylic acids is 1. The van der Waals surface area contributed by atoms with Crippen LogP contribution in [-0.4, -0.2) is 32.3 Å². The number of hydrogen-bond donors (Lipinski definition) is 1. The minimum absolute atomic E-state index is 0.104. The summed E-state index contributed by atoms with van der Waals surface area (Å²) >= 11 is 3.19. The number of halogens is 1. The Kier molecular flexibility index (Phi) is 4.71. The van der Waals surface area contributed by atoms with Crippen molar-refractivity contribution in [3.63, 3.8) is 0 Å². The monoisotopic (exact) mass is 370 g/mol. The van der Waals surface area contributed by atoms with E-state index >= 15 is 0 Å². The lowest BCUT2D eigenvalue weighted by Crippen LogP contribution is -2.33. The van der Waals surface area contributed by atoms with Gasteiger partial charge in [0, 0.05) is 16.6 Å². The van der Waals surface area contributed by atoms with Crippen molar-refractivity contribution >= 4 is 31.9 Å². The second-order valence-electron chi connectivity index (χ2n) is 5.05. The maximum absolute atomic E-state index is 12.5. The molecule has 2 rings (SSSR count). The van der Waals surface area contributed by atoms with Crippen LogP contribution in [0.5, 0.6) is 0 Å². The molecule has 0 aliphatic heterocycles. The second kappa shape index (κ2) is 6.18. The SMILES string of the molecule is C#CCN(CC1CC1)C(=O)c1cc(Br)cc(S(N)(=O)=O)c1. The molecule has 1 aliphatic carbocycles. The van der Waals surface area contributed by atoms with Crippen molar-refractivity contribution in [1.29, 1.82) is 0 Å². The van der Waals surface area contributed by atoms with Gasteiger partial charge in [-0.15, -0.1) is 6.42 Å². The van der Waals surface area contributed by atoms with Gasteiger partial charge in [-0.05, 0) is 37.0 Å². The van der Waals surface area contributed by atoms with Gasteiger partial charge in [-0.2, -0.15) is 0 Å². The Morgan fingerprint density at radius 2 is 2.10 bits per heavy atom. The molecule has 0 spiro atoms. The summed E-state index contributed by atoms with van der Waals surface area (Å²) in [5, 5.41) is 5.11. The molecule has 21 heavy (non-hydrogen) atoms. The quantitative estimate of drug-likeness (QED) is 0.798. The number of hydrogen-bond acceptors (Lipinski definition) is 3. The van der Waals surface area contributed by atoms with E-state index in [4.69, 9.17) is 11.6 Å². The molecule has 1 fully saturated rings. The highest BCUT2D eigenvalue weighted by molar-refractivity contribution is 9.10. The first-order chi connectivity index (χ1) is 9.81. The van der Waals surface area contributed by atoms with E-state index in [-0.39, 0.29) is 22.9 Å². The van der Waals surface area contributed by atoms with Gasteiger partial charge in [0.15, 0.2) is 0 Å². The van der Waals surface area contributed by atoms with Gasteiger partial charge in [0.25, 0.3) is 5.91 Å². The van der Waals surface area contributed by atoms with E-state index < -0.39 is 10.0 Å². The van der Waals surface area contributed by atoms with Gasteiger partial charge in [0.1, 0.15) is 0 Å². The first-order valence-electron chi connectivity index (χ1n) is 6.37. The van der Waals surface area contributed by atoms with Crippen molar-refractivity contribution in [2.24, 2.45) is 11.1 Å². The number of amides is 1. The Balaban J connectivity index is 2.32. The standard InChI is InChI=1S/C14H15BrN2O3S/c1-2-5-17(9-10-3-4-10)14(18)11-6-12(15)8-13(7-11)21(16,19)20/h1,6-8,10H,3-5,9H2,(H2,16,19,20). The fourth-order valence-corrected chi connectivity index (χ4v) is 3.20. The summed E-state index contributed by atoms with van der Waals surface area (Å²) in [7, 11) is -3.87. The number of nitrogens with two attached hydrogens (primary N) is 1. The lowest BCUT2D eigenvalue weighted by atomic mass is 10.2. The highest BCUT2D eigenvalue weighted by Gasteiger charge is 2.27. The van der Waals surface area contributed by atoms with Crippen LogP contribution in [0, 0.1) is 18.3 Å². The Morgan fingerprint density at radius 1 is 1.43 bits per heavy atom. The first kappa shape index (κ1) is 16.0. The van der Waals surface area contributed by atoms with E-state index in [1.165, 1.54) is 12.1 Å². The van der Waals surface area contributed by atoms with Crippen LogP contribution >= 0.6 is 15.9 Å². The maximum Gasteiger partial charge on any atom is 0.254 e. The largest absolute Gasteiger partial charge is 0.327 e. The lowest BCUT2D eigenvalue weighted by molar-refractivity contribution is 0.0769. The Hall–Kier alpha value is -1.36. The Bertz CT molecular complexity index is 705. The second-order valence-corrected chi connectivity index (χ2v) is 7.53. The Labute approximate surface area is 132 Å². The third-order valence-electron chi connectivity index (χ3n) is 3.19. The van der Waals surface area contributed by atoms with Gasteiger partial charge >= 0.3 is 0 Å². The zero-order valence-corrected chi connectivity index (χ0v) is 13.7. The zero-order valence-electron chi connectivity index (χ0n) is 11.3. The van der Waals surface area contributed by atoms with Crippen molar-refractivity contribution < 1.29 is 13.2 Å². The predicted molar refractivity (Wildman–Crippen MR) is 83.0 cm³/mol. The maximum atomic E-state index is 12.5. The molecule has 1 aliphatic rings. The van der Waals surface area contributed by atoms with Crippen molar-refractivity contribution in [2.45, 2.75) is 17.7 Å². The van der Waals surface area contributed by atoms with Crippen molar-refractivity contribution in [3.8, 4) is 12.3 Å². The molecule has 5 nitrogen and oxygen atoms in total. The molecule has 0 saturated heterocycles. The van der Waals surface area contributed by atoms with Crippen molar-refractivity contribution in [1.82, 2.24) is 4.90 Å². The molecular formula is C14H15BrN2O3S. The normalized spacial score (nSPS) is 14.5. The van der Waals surface area contributed by atoms with Crippen molar-refractivity contribution in [2.75, 3.05) is 13.1 Å². The van der Waals surface area contributed by atoms with E-state index in [0.29, 0.717) is 16.9 Å². The third kappa shape index (κ3) is 4.30. The van der Waals surface area contributed by atoms with E-state index in [1.807, 2.05) is 0 Å². The van der Waals surface area contributed by atoms with Gasteiger partial charge in [-0.3, -0.25) is 4.79 Å². The summed E-state index contributed by atoms with van der Waals surface area (Å²) in [6.07, 6.45) is 7.49. The van der Waals surface area contributed by atoms with Crippen LogP contribution in [0.2, 0.25) is 0 Å². The summed E-state index contributed by atoms with van der Waals surface area (Å²) in [5.74, 6) is 2.67. The van der Waals surface area contributed by atoms with Gasteiger partial charge in [0.05, 0.1) is 11.4 Å². The number of terminal acetylenes is 1. The number of rotatable bonds is 5. The number of carbonyl (C=O) groups is 1. The van der Waals surface area contributed by atoms with E-state index in [0.717, 1.165) is 12.8 Å². The van der Waals surface area contributed by atoms with Gasteiger partial charge in [-0.1, -0.05) is 21.9 Å². The summed E-state index contributed by atoms with van der Waals surface area (Å²) in [5.41, 5.74) is 0.254. The molecule has 0 heterocycles. The summed E-state index contributed by atoms with van der Waals surface area (Å²) in [4.78, 5) is 14.0. The number of primary sulfonamides is 1. The highest BCUT2D eigenvalue weighted by Crippen LogP contribution is 2.30. The van der Waals surface area contributed by atoms with Crippen molar-refractivity contribution in [3.05, 3.63) is 28.2 Å². The molecule has 0 atom stereocenters. The molecule has 1 aromatic carbocycles. The van der Waals surface area contributed by atoms with Crippen LogP contribution in [0.3, 0.4) is 0 Å². The van der Waals surface area contributed by atoms with Crippen LogP contribution < -0.4 is 5.14 Å². The minimum Gasteiger partial charge on any atom is -0.327 e. The van der Waals surface area contributed by atoms with Gasteiger partial charge < -0.3 is 4.90 Å².